The fourth-order valence-corrected chi connectivity index (χ4v) is 5.71. The SMILES string of the molecule is CCc1ccc(C2CCC(CCC3CCC(CC/C=C/C=C(\F)C#N)CC3)CC2)cc1. The third kappa shape index (κ3) is 7.95. The van der Waals surface area contributed by atoms with Crippen molar-refractivity contribution in [2.24, 2.45) is 17.8 Å². The molecule has 2 fully saturated rings. The Hall–Kier alpha value is -1.88. The third-order valence-corrected chi connectivity index (χ3v) is 7.88. The van der Waals surface area contributed by atoms with Crippen LogP contribution in [0.25, 0.3) is 0 Å². The molecule has 0 aliphatic heterocycles. The van der Waals surface area contributed by atoms with Gasteiger partial charge in [0.25, 0.3) is 0 Å². The first-order chi connectivity index (χ1) is 15.2. The third-order valence-electron chi connectivity index (χ3n) is 7.88. The monoisotopic (exact) mass is 421 g/mol. The Morgan fingerprint density at radius 1 is 0.903 bits per heavy atom. The lowest BCUT2D eigenvalue weighted by Gasteiger charge is -2.32. The van der Waals surface area contributed by atoms with E-state index in [1.54, 1.807) is 11.6 Å². The van der Waals surface area contributed by atoms with Gasteiger partial charge in [-0.2, -0.15) is 9.65 Å². The van der Waals surface area contributed by atoms with E-state index in [0.717, 1.165) is 36.5 Å². The number of nitrogens with zero attached hydrogens (tertiary/aromatic N) is 1. The largest absolute Gasteiger partial charge is 0.199 e. The van der Waals surface area contributed by atoms with Crippen LogP contribution in [-0.4, -0.2) is 0 Å². The van der Waals surface area contributed by atoms with Crippen LogP contribution in [0.15, 0.2) is 48.3 Å². The van der Waals surface area contributed by atoms with Crippen LogP contribution in [0.3, 0.4) is 0 Å². The minimum atomic E-state index is -0.712. The summed E-state index contributed by atoms with van der Waals surface area (Å²) in [7, 11) is 0. The molecule has 2 aliphatic carbocycles. The maximum atomic E-state index is 12.7. The van der Waals surface area contributed by atoms with Crippen molar-refractivity contribution < 1.29 is 4.39 Å². The van der Waals surface area contributed by atoms with Crippen molar-refractivity contribution in [3.63, 3.8) is 0 Å². The van der Waals surface area contributed by atoms with Gasteiger partial charge in [0, 0.05) is 0 Å². The average molecular weight is 422 g/mol. The van der Waals surface area contributed by atoms with Gasteiger partial charge >= 0.3 is 0 Å². The lowest BCUT2D eigenvalue weighted by molar-refractivity contribution is 0.225. The molecule has 1 aromatic carbocycles. The molecule has 0 atom stereocenters. The summed E-state index contributed by atoms with van der Waals surface area (Å²) in [6.07, 6.45) is 22.3. The van der Waals surface area contributed by atoms with Gasteiger partial charge in [-0.1, -0.05) is 81.9 Å². The maximum absolute atomic E-state index is 12.7. The lowest BCUT2D eigenvalue weighted by atomic mass is 9.74. The van der Waals surface area contributed by atoms with Crippen molar-refractivity contribution in [1.82, 2.24) is 0 Å². The number of rotatable bonds is 9. The van der Waals surface area contributed by atoms with Gasteiger partial charge in [-0.05, 0) is 85.8 Å². The van der Waals surface area contributed by atoms with E-state index in [1.807, 2.05) is 6.08 Å². The van der Waals surface area contributed by atoms with E-state index in [0.29, 0.717) is 0 Å². The molecule has 0 aromatic heterocycles. The second-order valence-electron chi connectivity index (χ2n) is 9.91. The van der Waals surface area contributed by atoms with Gasteiger partial charge in [-0.3, -0.25) is 0 Å². The highest BCUT2D eigenvalue weighted by molar-refractivity contribution is 5.25. The Balaban J connectivity index is 1.28. The second-order valence-corrected chi connectivity index (χ2v) is 9.91. The number of allylic oxidation sites excluding steroid dienone is 4. The van der Waals surface area contributed by atoms with Gasteiger partial charge in [0.2, 0.25) is 0 Å². The fourth-order valence-electron chi connectivity index (χ4n) is 5.71. The zero-order chi connectivity index (χ0) is 21.9. The number of nitriles is 1. The molecule has 2 aliphatic rings. The first kappa shape index (κ1) is 23.8. The zero-order valence-electron chi connectivity index (χ0n) is 19.4. The normalized spacial score (nSPS) is 27.3. The number of halogens is 1. The molecule has 0 heterocycles. The molecule has 0 spiro atoms. The summed E-state index contributed by atoms with van der Waals surface area (Å²) in [6, 6.07) is 10.9. The first-order valence-electron chi connectivity index (χ1n) is 12.7. The van der Waals surface area contributed by atoms with E-state index in [4.69, 9.17) is 5.26 Å². The van der Waals surface area contributed by atoms with Gasteiger partial charge in [0.05, 0.1) is 0 Å². The van der Waals surface area contributed by atoms with Gasteiger partial charge in [-0.15, -0.1) is 0 Å². The summed E-state index contributed by atoms with van der Waals surface area (Å²) < 4.78 is 12.7. The topological polar surface area (TPSA) is 23.8 Å². The molecule has 0 saturated heterocycles. The van der Waals surface area contributed by atoms with Gasteiger partial charge in [-0.25, -0.2) is 0 Å². The number of benzene rings is 1. The second kappa shape index (κ2) is 12.8. The standard InChI is InChI=1S/C29H40FN/c1-2-23-14-18-27(19-15-23)28-20-16-26(17-21-28)13-12-25-10-8-24(9-11-25)6-4-3-5-7-29(30)22-31/h3,5,7,14-15,18-19,24-26,28H,2,4,6,8-13,16-17,20-21H2,1H3/b5-3+,29-7-. The fraction of sp³-hybridized carbons (Fsp3) is 0.621. The molecule has 0 N–H and O–H groups in total. The number of aryl methyl sites for hydroxylation is 1. The van der Waals surface area contributed by atoms with Crippen molar-refractivity contribution >= 4 is 0 Å². The Bertz CT molecular complexity index is 738. The van der Waals surface area contributed by atoms with E-state index in [2.05, 4.69) is 31.2 Å². The van der Waals surface area contributed by atoms with Crippen LogP contribution in [0.1, 0.15) is 101 Å². The van der Waals surface area contributed by atoms with Gasteiger partial charge in [0.15, 0.2) is 5.83 Å². The Morgan fingerprint density at radius 2 is 1.45 bits per heavy atom. The minimum Gasteiger partial charge on any atom is -0.195 e. The molecule has 2 heteroatoms. The Morgan fingerprint density at radius 3 is 2.00 bits per heavy atom. The highest BCUT2D eigenvalue weighted by Crippen LogP contribution is 2.40. The smallest absolute Gasteiger partial charge is 0.195 e. The minimum absolute atomic E-state index is 0.712. The van der Waals surface area contributed by atoms with E-state index >= 15 is 0 Å². The van der Waals surface area contributed by atoms with Crippen LogP contribution in [0.2, 0.25) is 0 Å². The zero-order valence-corrected chi connectivity index (χ0v) is 19.4. The molecule has 0 unspecified atom stereocenters. The maximum Gasteiger partial charge on any atom is 0.199 e. The van der Waals surface area contributed by atoms with Crippen LogP contribution in [-0.2, 0) is 6.42 Å². The molecule has 3 rings (SSSR count). The van der Waals surface area contributed by atoms with Crippen molar-refractivity contribution in [3.8, 4) is 6.07 Å². The molecule has 0 radical (unpaired) electrons. The van der Waals surface area contributed by atoms with E-state index < -0.39 is 5.83 Å². The first-order valence-corrected chi connectivity index (χ1v) is 12.7. The predicted octanol–water partition coefficient (Wildman–Crippen LogP) is 8.82. The van der Waals surface area contributed by atoms with Gasteiger partial charge < -0.3 is 0 Å². The average Bonchev–Trinajstić information content (AvgIpc) is 2.83. The summed E-state index contributed by atoms with van der Waals surface area (Å²) in [4.78, 5) is 0. The van der Waals surface area contributed by atoms with Gasteiger partial charge in [0.1, 0.15) is 6.07 Å². The summed E-state index contributed by atoms with van der Waals surface area (Å²) in [5, 5.41) is 8.39. The van der Waals surface area contributed by atoms with Crippen molar-refractivity contribution in [2.75, 3.05) is 0 Å². The molecule has 0 amide bonds. The van der Waals surface area contributed by atoms with Crippen molar-refractivity contribution in [2.45, 2.75) is 96.3 Å². The van der Waals surface area contributed by atoms with Crippen molar-refractivity contribution in [3.05, 3.63) is 59.4 Å². The Labute approximate surface area is 189 Å². The summed E-state index contributed by atoms with van der Waals surface area (Å²) >= 11 is 0. The molecule has 31 heavy (non-hydrogen) atoms. The highest BCUT2D eigenvalue weighted by Gasteiger charge is 2.25. The molecule has 2 saturated carbocycles. The molecule has 168 valence electrons. The quantitative estimate of drug-likeness (QED) is 0.288. The molecular weight excluding hydrogens is 381 g/mol. The van der Waals surface area contributed by atoms with Crippen molar-refractivity contribution in [1.29, 1.82) is 5.26 Å². The molecule has 0 bridgehead atoms. The summed E-state index contributed by atoms with van der Waals surface area (Å²) in [6.45, 7) is 2.23. The van der Waals surface area contributed by atoms with Crippen LogP contribution in [0.5, 0.6) is 0 Å². The molecule has 1 aromatic rings. The van der Waals surface area contributed by atoms with Crippen LogP contribution >= 0.6 is 0 Å². The van der Waals surface area contributed by atoms with E-state index in [1.165, 1.54) is 88.3 Å². The van der Waals surface area contributed by atoms with Crippen LogP contribution in [0.4, 0.5) is 4.39 Å². The summed E-state index contributed by atoms with van der Waals surface area (Å²) in [5.74, 6) is 2.81. The van der Waals surface area contributed by atoms with Crippen LogP contribution in [0, 0.1) is 29.1 Å². The predicted molar refractivity (Wildman–Crippen MR) is 128 cm³/mol. The lowest BCUT2D eigenvalue weighted by Crippen LogP contribution is -2.17. The van der Waals surface area contributed by atoms with E-state index in [9.17, 15) is 4.39 Å². The van der Waals surface area contributed by atoms with E-state index in [-0.39, 0.29) is 0 Å². The Kier molecular flexibility index (Phi) is 9.85. The number of hydrogen-bond donors (Lipinski definition) is 0. The summed E-state index contributed by atoms with van der Waals surface area (Å²) in [5.41, 5.74) is 3.02. The molecule has 1 nitrogen and oxygen atoms in total. The molecular formula is C29H40FN. The highest BCUT2D eigenvalue weighted by atomic mass is 19.1. The number of hydrogen-bond acceptors (Lipinski definition) is 1. The van der Waals surface area contributed by atoms with Crippen LogP contribution < -0.4 is 0 Å².